The van der Waals surface area contributed by atoms with Gasteiger partial charge in [0.25, 0.3) is 0 Å². The van der Waals surface area contributed by atoms with Gasteiger partial charge in [-0.25, -0.2) is 13.7 Å². The Labute approximate surface area is 276 Å². The normalized spacial score (nSPS) is 19.6. The molecule has 9 nitrogen and oxygen atoms in total. The highest BCUT2D eigenvalue weighted by Crippen LogP contribution is 2.44. The second-order valence-electron chi connectivity index (χ2n) is 13.2. The van der Waals surface area contributed by atoms with Crippen LogP contribution in [0.2, 0.25) is 5.02 Å². The lowest BCUT2D eigenvalue weighted by Gasteiger charge is -2.46. The van der Waals surface area contributed by atoms with Gasteiger partial charge in [0.2, 0.25) is 5.91 Å². The Balaban J connectivity index is 1.77. The van der Waals surface area contributed by atoms with Gasteiger partial charge >= 0.3 is 10.2 Å². The third-order valence-electron chi connectivity index (χ3n) is 8.25. The van der Waals surface area contributed by atoms with E-state index in [0.29, 0.717) is 30.9 Å². The number of rotatable bonds is 5. The maximum Gasteiger partial charge on any atom is 0.352 e. The van der Waals surface area contributed by atoms with E-state index in [1.54, 1.807) is 35.2 Å². The average Bonchev–Trinajstić information content (AvgIpc) is 2.97. The predicted molar refractivity (Wildman–Crippen MR) is 182 cm³/mol. The monoisotopic (exact) mass is 666 g/mol. The summed E-state index contributed by atoms with van der Waals surface area (Å²) in [5, 5.41) is 0.148. The van der Waals surface area contributed by atoms with Crippen molar-refractivity contribution in [2.75, 3.05) is 31.5 Å². The van der Waals surface area contributed by atoms with Crippen LogP contribution in [0, 0.1) is 5.82 Å². The first-order chi connectivity index (χ1) is 21.5. The minimum Gasteiger partial charge on any atom is -0.349 e. The van der Waals surface area contributed by atoms with E-state index in [1.165, 1.54) is 12.1 Å². The van der Waals surface area contributed by atoms with E-state index in [-0.39, 0.29) is 45.9 Å². The summed E-state index contributed by atoms with van der Waals surface area (Å²) < 4.78 is 49.5. The number of anilines is 2. The Kier molecular flexibility index (Phi) is 9.07. The van der Waals surface area contributed by atoms with Crippen molar-refractivity contribution in [3.05, 3.63) is 88.7 Å². The van der Waals surface area contributed by atoms with Crippen LogP contribution in [0.4, 0.5) is 15.9 Å². The van der Waals surface area contributed by atoms with E-state index >= 15 is 4.39 Å². The molecule has 12 heteroatoms. The third kappa shape index (κ3) is 6.28. The van der Waals surface area contributed by atoms with Crippen LogP contribution in [-0.4, -0.2) is 79.1 Å². The van der Waals surface area contributed by atoms with Crippen LogP contribution in [0.5, 0.6) is 0 Å². The van der Waals surface area contributed by atoms with Crippen molar-refractivity contribution in [2.24, 2.45) is 4.40 Å². The first kappa shape index (κ1) is 33.6. The number of pyridine rings is 1. The van der Waals surface area contributed by atoms with Crippen molar-refractivity contribution in [3.63, 3.8) is 0 Å². The van der Waals surface area contributed by atoms with Crippen molar-refractivity contribution < 1.29 is 17.6 Å². The molecule has 3 aromatic rings. The first-order valence-corrected chi connectivity index (χ1v) is 16.9. The van der Waals surface area contributed by atoms with Gasteiger partial charge in [-0.3, -0.25) is 4.79 Å². The summed E-state index contributed by atoms with van der Waals surface area (Å²) in [5.41, 5.74) is 2.38. The van der Waals surface area contributed by atoms with Crippen LogP contribution < -0.4 is 4.31 Å². The van der Waals surface area contributed by atoms with E-state index in [0.717, 1.165) is 15.4 Å². The number of carbonyl (C=O) groups is 1. The Morgan fingerprint density at radius 3 is 2.41 bits per heavy atom. The number of piperazine rings is 1. The van der Waals surface area contributed by atoms with Gasteiger partial charge in [0, 0.05) is 37.3 Å². The Morgan fingerprint density at radius 1 is 1.09 bits per heavy atom. The number of hydrogen-bond acceptors (Lipinski definition) is 6. The van der Waals surface area contributed by atoms with Gasteiger partial charge in [0.1, 0.15) is 5.82 Å². The van der Waals surface area contributed by atoms with Crippen LogP contribution in [-0.2, 0) is 27.0 Å². The van der Waals surface area contributed by atoms with Gasteiger partial charge < -0.3 is 14.7 Å². The molecule has 0 N–H and O–H groups in total. The lowest BCUT2D eigenvalue weighted by atomic mass is 9.84. The van der Waals surface area contributed by atoms with Gasteiger partial charge in [0.15, 0.2) is 11.7 Å². The van der Waals surface area contributed by atoms with E-state index < -0.39 is 21.4 Å². The quantitative estimate of drug-likeness (QED) is 0.304. The first-order valence-electron chi connectivity index (χ1n) is 15.1. The zero-order valence-corrected chi connectivity index (χ0v) is 28.8. The van der Waals surface area contributed by atoms with Gasteiger partial charge in [0.05, 0.1) is 22.0 Å². The SMILES string of the molecule is C=CC(=O)N1C[C@H](C)N(C2=NS(=O)(=O)N(c3ccc(CN(C)C)cc3C(C)(C)C)c3nc(-c4ccccc4F)c(Cl)cc32)C[C@H]1C. The molecule has 0 spiro atoms. The molecule has 1 fully saturated rings. The summed E-state index contributed by atoms with van der Waals surface area (Å²) in [6, 6.07) is 12.9. The topological polar surface area (TPSA) is 89.4 Å². The number of amidine groups is 1. The number of hydrogen-bond donors (Lipinski definition) is 0. The lowest BCUT2D eigenvalue weighted by molar-refractivity contribution is -0.130. The molecule has 2 atom stereocenters. The third-order valence-corrected chi connectivity index (χ3v) is 9.78. The van der Waals surface area contributed by atoms with E-state index in [9.17, 15) is 13.2 Å². The maximum atomic E-state index is 15.1. The molecule has 1 saturated heterocycles. The average molecular weight is 667 g/mol. The molecule has 0 unspecified atom stereocenters. The highest BCUT2D eigenvalue weighted by Gasteiger charge is 2.42. The fraction of sp³-hybridized carbons (Fsp3) is 0.382. The maximum absolute atomic E-state index is 15.1. The lowest BCUT2D eigenvalue weighted by Crippen LogP contribution is -2.60. The van der Waals surface area contributed by atoms with E-state index in [4.69, 9.17) is 16.6 Å². The van der Waals surface area contributed by atoms with Crippen LogP contribution in [0.15, 0.2) is 65.6 Å². The molecular weight excluding hydrogens is 627 g/mol. The van der Waals surface area contributed by atoms with Gasteiger partial charge in [-0.05, 0) is 74.8 Å². The number of amides is 1. The fourth-order valence-electron chi connectivity index (χ4n) is 6.07. The number of benzene rings is 2. The number of halogens is 2. The van der Waals surface area contributed by atoms with Crippen molar-refractivity contribution in [2.45, 2.75) is 58.7 Å². The summed E-state index contributed by atoms with van der Waals surface area (Å²) in [6.45, 7) is 14.8. The van der Waals surface area contributed by atoms with Crippen LogP contribution in [0.1, 0.15) is 51.3 Å². The summed E-state index contributed by atoms with van der Waals surface area (Å²) in [5.74, 6) is -0.490. The molecule has 1 aromatic heterocycles. The Hall–Kier alpha value is -3.80. The van der Waals surface area contributed by atoms with Crippen LogP contribution >= 0.6 is 11.6 Å². The summed E-state index contributed by atoms with van der Waals surface area (Å²) in [6.07, 6.45) is 1.28. The summed E-state index contributed by atoms with van der Waals surface area (Å²) in [4.78, 5) is 23.0. The minimum atomic E-state index is -4.43. The summed E-state index contributed by atoms with van der Waals surface area (Å²) >= 11 is 6.82. The Morgan fingerprint density at radius 2 is 1.78 bits per heavy atom. The highest BCUT2D eigenvalue weighted by molar-refractivity contribution is 7.92. The Bertz CT molecular complexity index is 1840. The standard InChI is InChI=1S/C34H40ClFN6O3S/c1-9-30(43)40-18-22(3)41(19-21(40)2)33-25-17-27(35)31(24-12-10-11-13-28(24)36)37-32(25)42(46(44,45)38-33)29-15-14-23(20-39(7)8)16-26(29)34(4,5)6/h9-17,21-22H,1,18-20H2,2-8H3/t21-,22+/m1/s1. The van der Waals surface area contributed by atoms with Crippen molar-refractivity contribution >= 4 is 45.1 Å². The molecule has 0 radical (unpaired) electrons. The van der Waals surface area contributed by atoms with E-state index in [1.807, 2.05) is 70.6 Å². The molecule has 0 aliphatic carbocycles. The molecule has 1 amide bonds. The molecule has 0 saturated carbocycles. The second kappa shape index (κ2) is 12.4. The molecular formula is C34H40ClFN6O3S. The minimum absolute atomic E-state index is 0.0722. The van der Waals surface area contributed by atoms with Crippen molar-refractivity contribution in [1.82, 2.24) is 19.7 Å². The largest absolute Gasteiger partial charge is 0.352 e. The van der Waals surface area contributed by atoms with Gasteiger partial charge in [-0.1, -0.05) is 63.2 Å². The van der Waals surface area contributed by atoms with Gasteiger partial charge in [-0.15, -0.1) is 4.40 Å². The molecule has 2 aliphatic heterocycles. The highest BCUT2D eigenvalue weighted by atomic mass is 35.5. The molecule has 5 rings (SSSR count). The molecule has 2 aliphatic rings. The number of nitrogens with zero attached hydrogens (tertiary/aromatic N) is 6. The zero-order valence-electron chi connectivity index (χ0n) is 27.3. The van der Waals surface area contributed by atoms with Gasteiger partial charge in [-0.2, -0.15) is 8.42 Å². The molecule has 2 aromatic carbocycles. The van der Waals surface area contributed by atoms with Crippen molar-refractivity contribution in [3.8, 4) is 11.3 Å². The molecule has 0 bridgehead atoms. The fourth-order valence-corrected chi connectivity index (χ4v) is 7.59. The number of fused-ring (bicyclic) bond motifs is 1. The van der Waals surface area contributed by atoms with Crippen LogP contribution in [0.25, 0.3) is 11.3 Å². The molecule has 46 heavy (non-hydrogen) atoms. The summed E-state index contributed by atoms with van der Waals surface area (Å²) in [7, 11) is -0.489. The molecule has 3 heterocycles. The predicted octanol–water partition coefficient (Wildman–Crippen LogP) is 6.15. The van der Waals surface area contributed by atoms with E-state index in [2.05, 4.69) is 11.0 Å². The smallest absolute Gasteiger partial charge is 0.349 e. The molecule has 244 valence electrons. The second-order valence-corrected chi connectivity index (χ2v) is 15.1. The number of carbonyl (C=O) groups excluding carboxylic acids is 1. The van der Waals surface area contributed by atoms with Crippen LogP contribution in [0.3, 0.4) is 0 Å². The number of aromatic nitrogens is 1. The zero-order chi connectivity index (χ0) is 33.7. The van der Waals surface area contributed by atoms with Crippen molar-refractivity contribution in [1.29, 1.82) is 0 Å².